The van der Waals surface area contributed by atoms with Gasteiger partial charge in [0.05, 0.1) is 32.3 Å². The highest BCUT2D eigenvalue weighted by Crippen LogP contribution is 2.31. The van der Waals surface area contributed by atoms with Crippen LogP contribution >= 0.6 is 0 Å². The minimum atomic E-state index is 0.0426. The van der Waals surface area contributed by atoms with Crippen LogP contribution in [0.1, 0.15) is 24.2 Å². The number of aryl methyl sites for hydroxylation is 1. The molecule has 2 rings (SSSR count). The van der Waals surface area contributed by atoms with Crippen LogP contribution in [0.4, 0.5) is 0 Å². The van der Waals surface area contributed by atoms with Crippen molar-refractivity contribution in [3.8, 4) is 11.5 Å². The zero-order chi connectivity index (χ0) is 14.5. The van der Waals surface area contributed by atoms with Gasteiger partial charge in [0.15, 0.2) is 11.5 Å². The summed E-state index contributed by atoms with van der Waals surface area (Å²) in [6.07, 6.45) is 3.82. The van der Waals surface area contributed by atoms with Gasteiger partial charge < -0.3 is 19.4 Å². The van der Waals surface area contributed by atoms with E-state index in [1.165, 1.54) is 0 Å². The largest absolute Gasteiger partial charge is 0.493 e. The van der Waals surface area contributed by atoms with E-state index in [0.29, 0.717) is 0 Å². The third kappa shape index (κ3) is 2.93. The number of imidazole rings is 1. The van der Waals surface area contributed by atoms with Gasteiger partial charge in [-0.05, 0) is 24.2 Å². The predicted octanol–water partition coefficient (Wildman–Crippen LogP) is 2.14. The van der Waals surface area contributed by atoms with Crippen LogP contribution in [0.15, 0.2) is 30.7 Å². The molecule has 0 saturated carbocycles. The van der Waals surface area contributed by atoms with Crippen LogP contribution in [0.5, 0.6) is 11.5 Å². The molecule has 20 heavy (non-hydrogen) atoms. The summed E-state index contributed by atoms with van der Waals surface area (Å²) in [4.78, 5) is 4.44. The van der Waals surface area contributed by atoms with E-state index in [9.17, 15) is 0 Å². The SMILES string of the molecule is CCNC(c1ccc(OC)c(OC)c1)c1cn(C)cn1. The average Bonchev–Trinajstić information content (AvgIpc) is 2.90. The van der Waals surface area contributed by atoms with E-state index in [1.54, 1.807) is 20.5 Å². The summed E-state index contributed by atoms with van der Waals surface area (Å²) < 4.78 is 12.6. The van der Waals surface area contributed by atoms with Gasteiger partial charge in [-0.3, -0.25) is 0 Å². The molecule has 1 aromatic carbocycles. The molecule has 1 unspecified atom stereocenters. The van der Waals surface area contributed by atoms with Crippen molar-refractivity contribution in [1.29, 1.82) is 0 Å². The smallest absolute Gasteiger partial charge is 0.161 e. The van der Waals surface area contributed by atoms with Gasteiger partial charge in [0.1, 0.15) is 0 Å². The molecule has 0 radical (unpaired) electrons. The predicted molar refractivity (Wildman–Crippen MR) is 78.3 cm³/mol. The van der Waals surface area contributed by atoms with Crippen molar-refractivity contribution in [2.24, 2.45) is 7.05 Å². The Morgan fingerprint density at radius 1 is 1.25 bits per heavy atom. The van der Waals surface area contributed by atoms with Crippen molar-refractivity contribution >= 4 is 0 Å². The molecule has 0 fully saturated rings. The van der Waals surface area contributed by atoms with Crippen LogP contribution in [-0.2, 0) is 7.05 Å². The molecule has 0 aliphatic carbocycles. The summed E-state index contributed by atoms with van der Waals surface area (Å²) in [5, 5.41) is 3.45. The van der Waals surface area contributed by atoms with E-state index < -0.39 is 0 Å². The zero-order valence-electron chi connectivity index (χ0n) is 12.4. The monoisotopic (exact) mass is 275 g/mol. The maximum Gasteiger partial charge on any atom is 0.161 e. The van der Waals surface area contributed by atoms with E-state index >= 15 is 0 Å². The van der Waals surface area contributed by atoms with Crippen LogP contribution in [0, 0.1) is 0 Å². The Kier molecular flexibility index (Phi) is 4.63. The number of nitrogens with zero attached hydrogens (tertiary/aromatic N) is 2. The summed E-state index contributed by atoms with van der Waals surface area (Å²) in [7, 11) is 5.25. The average molecular weight is 275 g/mol. The number of hydrogen-bond acceptors (Lipinski definition) is 4. The molecule has 0 aliphatic rings. The van der Waals surface area contributed by atoms with Crippen molar-refractivity contribution in [2.45, 2.75) is 13.0 Å². The normalized spacial score (nSPS) is 12.2. The highest BCUT2D eigenvalue weighted by molar-refractivity contribution is 5.45. The molecule has 0 saturated heterocycles. The fourth-order valence-corrected chi connectivity index (χ4v) is 2.21. The molecule has 1 atom stereocenters. The molecule has 1 N–H and O–H groups in total. The molecular weight excluding hydrogens is 254 g/mol. The van der Waals surface area contributed by atoms with E-state index in [4.69, 9.17) is 9.47 Å². The summed E-state index contributed by atoms with van der Waals surface area (Å²) in [6, 6.07) is 5.98. The van der Waals surface area contributed by atoms with Crippen LogP contribution in [-0.4, -0.2) is 30.3 Å². The topological polar surface area (TPSA) is 48.3 Å². The lowest BCUT2D eigenvalue weighted by Crippen LogP contribution is -2.22. The highest BCUT2D eigenvalue weighted by atomic mass is 16.5. The van der Waals surface area contributed by atoms with Crippen molar-refractivity contribution in [3.05, 3.63) is 42.0 Å². The first kappa shape index (κ1) is 14.4. The quantitative estimate of drug-likeness (QED) is 0.877. The van der Waals surface area contributed by atoms with Gasteiger partial charge in [0, 0.05) is 13.2 Å². The molecule has 0 aliphatic heterocycles. The number of benzene rings is 1. The summed E-state index contributed by atoms with van der Waals surface area (Å²) in [5.74, 6) is 1.45. The van der Waals surface area contributed by atoms with Crippen LogP contribution in [0.25, 0.3) is 0 Å². The Hall–Kier alpha value is -2.01. The summed E-state index contributed by atoms with van der Waals surface area (Å²) in [6.45, 7) is 2.94. The molecular formula is C15H21N3O2. The number of ether oxygens (including phenoxy) is 2. The standard InChI is InChI=1S/C15H21N3O2/c1-5-16-15(12-9-18(2)10-17-12)11-6-7-13(19-3)14(8-11)20-4/h6-10,15-16H,5H2,1-4H3. The Bertz CT molecular complexity index is 566. The van der Waals surface area contributed by atoms with Gasteiger partial charge in [0.25, 0.3) is 0 Å². The van der Waals surface area contributed by atoms with E-state index in [1.807, 2.05) is 36.0 Å². The Morgan fingerprint density at radius 2 is 2.00 bits per heavy atom. The molecule has 5 nitrogen and oxygen atoms in total. The minimum Gasteiger partial charge on any atom is -0.493 e. The van der Waals surface area contributed by atoms with Gasteiger partial charge >= 0.3 is 0 Å². The molecule has 2 aromatic rings. The Balaban J connectivity index is 2.39. The lowest BCUT2D eigenvalue weighted by molar-refractivity contribution is 0.354. The number of methoxy groups -OCH3 is 2. The van der Waals surface area contributed by atoms with Gasteiger partial charge in [-0.25, -0.2) is 4.98 Å². The summed E-state index contributed by atoms with van der Waals surface area (Å²) >= 11 is 0. The van der Waals surface area contributed by atoms with E-state index in [0.717, 1.165) is 29.3 Å². The van der Waals surface area contributed by atoms with Crippen LogP contribution < -0.4 is 14.8 Å². The molecule has 1 aromatic heterocycles. The third-order valence-electron chi connectivity index (χ3n) is 3.17. The van der Waals surface area contributed by atoms with E-state index in [-0.39, 0.29) is 6.04 Å². The van der Waals surface area contributed by atoms with Crippen molar-refractivity contribution in [1.82, 2.24) is 14.9 Å². The van der Waals surface area contributed by atoms with Gasteiger partial charge in [0.2, 0.25) is 0 Å². The second-order valence-electron chi connectivity index (χ2n) is 4.57. The number of aromatic nitrogens is 2. The van der Waals surface area contributed by atoms with Crippen molar-refractivity contribution < 1.29 is 9.47 Å². The second kappa shape index (κ2) is 6.43. The molecule has 5 heteroatoms. The molecule has 0 bridgehead atoms. The highest BCUT2D eigenvalue weighted by Gasteiger charge is 2.17. The molecule has 0 amide bonds. The first-order valence-electron chi connectivity index (χ1n) is 6.62. The molecule has 0 spiro atoms. The van der Waals surface area contributed by atoms with Gasteiger partial charge in [-0.15, -0.1) is 0 Å². The molecule has 1 heterocycles. The Morgan fingerprint density at radius 3 is 2.55 bits per heavy atom. The van der Waals surface area contributed by atoms with Gasteiger partial charge in [-0.2, -0.15) is 0 Å². The second-order valence-corrected chi connectivity index (χ2v) is 4.57. The minimum absolute atomic E-state index is 0.0426. The number of nitrogens with one attached hydrogen (secondary N) is 1. The van der Waals surface area contributed by atoms with E-state index in [2.05, 4.69) is 17.2 Å². The fraction of sp³-hybridized carbons (Fsp3) is 0.400. The number of hydrogen-bond donors (Lipinski definition) is 1. The maximum absolute atomic E-state index is 5.37. The first-order chi connectivity index (χ1) is 9.69. The zero-order valence-corrected chi connectivity index (χ0v) is 12.4. The maximum atomic E-state index is 5.37. The van der Waals surface area contributed by atoms with Crippen LogP contribution in [0.2, 0.25) is 0 Å². The lowest BCUT2D eigenvalue weighted by atomic mass is 10.0. The lowest BCUT2D eigenvalue weighted by Gasteiger charge is -2.18. The molecule has 108 valence electrons. The van der Waals surface area contributed by atoms with Crippen molar-refractivity contribution in [2.75, 3.05) is 20.8 Å². The van der Waals surface area contributed by atoms with Crippen LogP contribution in [0.3, 0.4) is 0 Å². The number of rotatable bonds is 6. The first-order valence-corrected chi connectivity index (χ1v) is 6.62. The Labute approximate surface area is 119 Å². The summed E-state index contributed by atoms with van der Waals surface area (Å²) in [5.41, 5.74) is 2.09. The fourth-order valence-electron chi connectivity index (χ4n) is 2.21. The van der Waals surface area contributed by atoms with Crippen molar-refractivity contribution in [3.63, 3.8) is 0 Å². The van der Waals surface area contributed by atoms with Gasteiger partial charge in [-0.1, -0.05) is 13.0 Å². The third-order valence-corrected chi connectivity index (χ3v) is 3.17.